The van der Waals surface area contributed by atoms with E-state index in [4.69, 9.17) is 5.11 Å². The minimum absolute atomic E-state index is 0.148. The lowest BCUT2D eigenvalue weighted by Crippen LogP contribution is -2.22. The molecule has 0 heterocycles. The number of fused-ring (bicyclic) bond motifs is 1. The van der Waals surface area contributed by atoms with Crippen LogP contribution in [0.1, 0.15) is 38.0 Å². The van der Waals surface area contributed by atoms with E-state index in [1.807, 2.05) is 42.5 Å². The second-order valence-corrected chi connectivity index (χ2v) is 9.54. The summed E-state index contributed by atoms with van der Waals surface area (Å²) in [6.07, 6.45) is 0. The first-order valence-corrected chi connectivity index (χ1v) is 12.1. The fourth-order valence-corrected chi connectivity index (χ4v) is 4.56. The smallest absolute Gasteiger partial charge is 0.336 e. The van der Waals surface area contributed by atoms with Crippen LogP contribution in [0.3, 0.4) is 0 Å². The lowest BCUT2D eigenvalue weighted by atomic mass is 10.0. The van der Waals surface area contributed by atoms with Gasteiger partial charge in [-0.3, -0.25) is 9.59 Å². The average molecular weight is 515 g/mol. The number of carboxylic acids is 2. The average Bonchev–Trinajstić information content (AvgIpc) is 2.89. The van der Waals surface area contributed by atoms with E-state index in [-0.39, 0.29) is 17.0 Å². The van der Waals surface area contributed by atoms with E-state index in [1.54, 1.807) is 31.2 Å². The predicted molar refractivity (Wildman–Crippen MR) is 143 cm³/mol. The Balaban J connectivity index is 1.40. The lowest BCUT2D eigenvalue weighted by molar-refractivity contribution is -0.115. The molecular weight excluding hydrogens is 492 g/mol. The lowest BCUT2D eigenvalue weighted by Gasteiger charge is -2.14. The molecule has 0 radical (unpaired) electrons. The Labute approximate surface area is 216 Å². The molecule has 8 nitrogen and oxygen atoms in total. The minimum Gasteiger partial charge on any atom is -0.478 e. The van der Waals surface area contributed by atoms with Crippen LogP contribution in [0.25, 0.3) is 10.8 Å². The van der Waals surface area contributed by atoms with Crippen LogP contribution in [-0.4, -0.2) is 39.2 Å². The molecule has 0 aromatic heterocycles. The van der Waals surface area contributed by atoms with Gasteiger partial charge in [-0.1, -0.05) is 36.4 Å². The van der Waals surface area contributed by atoms with Crippen LogP contribution in [0.15, 0.2) is 89.8 Å². The number of rotatable bonds is 8. The molecule has 37 heavy (non-hydrogen) atoms. The highest BCUT2D eigenvalue weighted by Gasteiger charge is 2.20. The van der Waals surface area contributed by atoms with Crippen molar-refractivity contribution < 1.29 is 29.4 Å². The molecule has 0 saturated carbocycles. The summed E-state index contributed by atoms with van der Waals surface area (Å²) in [7, 11) is 0. The number of hydrogen-bond acceptors (Lipinski definition) is 5. The van der Waals surface area contributed by atoms with Gasteiger partial charge in [-0.15, -0.1) is 11.8 Å². The first kappa shape index (κ1) is 25.5. The Morgan fingerprint density at radius 1 is 0.757 bits per heavy atom. The molecule has 4 aromatic rings. The Morgan fingerprint density at radius 2 is 1.46 bits per heavy atom. The quantitative estimate of drug-likeness (QED) is 0.225. The zero-order valence-corrected chi connectivity index (χ0v) is 20.4. The van der Waals surface area contributed by atoms with Crippen LogP contribution in [-0.2, 0) is 4.79 Å². The molecule has 2 amide bonds. The SMILES string of the molecule is CC(Sc1ccc(NC(=O)c2ccc(C(=O)O)cc2C(=O)O)cc1)C(=O)Nc1cccc2ccccc12. The first-order valence-electron chi connectivity index (χ1n) is 11.2. The predicted octanol–water partition coefficient (Wildman–Crippen LogP) is 5.61. The van der Waals surface area contributed by atoms with Crippen LogP contribution < -0.4 is 10.6 Å². The molecule has 9 heteroatoms. The van der Waals surface area contributed by atoms with Crippen LogP contribution in [0, 0.1) is 0 Å². The number of carboxylic acid groups (broad SMARTS) is 2. The molecule has 0 spiro atoms. The number of carbonyl (C=O) groups excluding carboxylic acids is 2. The molecule has 1 atom stereocenters. The van der Waals surface area contributed by atoms with Gasteiger partial charge in [-0.05, 0) is 60.8 Å². The van der Waals surface area contributed by atoms with Gasteiger partial charge in [-0.2, -0.15) is 0 Å². The van der Waals surface area contributed by atoms with Gasteiger partial charge in [-0.25, -0.2) is 9.59 Å². The van der Waals surface area contributed by atoms with Gasteiger partial charge >= 0.3 is 11.9 Å². The number of carbonyl (C=O) groups is 4. The third-order valence-corrected chi connectivity index (χ3v) is 6.70. The topological polar surface area (TPSA) is 133 Å². The van der Waals surface area contributed by atoms with E-state index in [0.717, 1.165) is 27.4 Å². The second-order valence-electron chi connectivity index (χ2n) is 8.13. The molecule has 0 fully saturated rings. The largest absolute Gasteiger partial charge is 0.478 e. The van der Waals surface area contributed by atoms with Crippen molar-refractivity contribution in [3.8, 4) is 0 Å². The summed E-state index contributed by atoms with van der Waals surface area (Å²) in [6, 6.07) is 23.6. The highest BCUT2D eigenvalue weighted by atomic mass is 32.2. The summed E-state index contributed by atoms with van der Waals surface area (Å²) in [6.45, 7) is 1.80. The van der Waals surface area contributed by atoms with E-state index in [1.165, 1.54) is 23.9 Å². The second kappa shape index (κ2) is 11.0. The maximum atomic E-state index is 12.8. The minimum atomic E-state index is -1.41. The summed E-state index contributed by atoms with van der Waals surface area (Å²) in [5.41, 5.74) is 0.366. The Hall–Kier alpha value is -4.63. The monoisotopic (exact) mass is 514 g/mol. The standard InChI is InChI=1S/C28H22N2O6S/c1-16(25(31)30-24-8-4-6-17-5-2-3-7-21(17)24)37-20-12-10-19(11-13-20)29-26(32)22-14-9-18(27(33)34)15-23(22)28(35)36/h2-16H,1H3,(H,29,32)(H,30,31)(H,33,34)(H,35,36). The van der Waals surface area contributed by atoms with Crippen LogP contribution in [0.4, 0.5) is 11.4 Å². The third-order valence-electron chi connectivity index (χ3n) is 5.58. The van der Waals surface area contributed by atoms with Gasteiger partial charge in [0.05, 0.1) is 21.9 Å². The summed E-state index contributed by atoms with van der Waals surface area (Å²) in [4.78, 5) is 48.9. The summed E-state index contributed by atoms with van der Waals surface area (Å²) < 4.78 is 0. The number of amides is 2. The van der Waals surface area contributed by atoms with Crippen LogP contribution >= 0.6 is 11.8 Å². The van der Waals surface area contributed by atoms with Crippen molar-refractivity contribution in [1.29, 1.82) is 0 Å². The highest BCUT2D eigenvalue weighted by molar-refractivity contribution is 8.00. The molecule has 0 aliphatic carbocycles. The Morgan fingerprint density at radius 3 is 2.16 bits per heavy atom. The third kappa shape index (κ3) is 5.96. The van der Waals surface area contributed by atoms with Crippen molar-refractivity contribution in [3.05, 3.63) is 102 Å². The van der Waals surface area contributed by atoms with E-state index in [2.05, 4.69) is 10.6 Å². The molecule has 0 bridgehead atoms. The highest BCUT2D eigenvalue weighted by Crippen LogP contribution is 2.28. The number of nitrogens with one attached hydrogen (secondary N) is 2. The van der Waals surface area contributed by atoms with Crippen molar-refractivity contribution in [2.75, 3.05) is 10.6 Å². The number of aromatic carboxylic acids is 2. The molecule has 0 aliphatic rings. The fourth-order valence-electron chi connectivity index (χ4n) is 3.69. The van der Waals surface area contributed by atoms with Crippen LogP contribution in [0.5, 0.6) is 0 Å². The summed E-state index contributed by atoms with van der Waals surface area (Å²) in [5.74, 6) is -3.53. The van der Waals surface area contributed by atoms with E-state index >= 15 is 0 Å². The van der Waals surface area contributed by atoms with Gasteiger partial charge in [0, 0.05) is 21.7 Å². The molecule has 0 aliphatic heterocycles. The zero-order valence-electron chi connectivity index (χ0n) is 19.6. The van der Waals surface area contributed by atoms with Crippen molar-refractivity contribution >= 4 is 57.7 Å². The molecule has 186 valence electrons. The molecule has 4 N–H and O–H groups in total. The molecule has 0 saturated heterocycles. The number of anilines is 2. The molecule has 1 unspecified atom stereocenters. The molecular formula is C28H22N2O6S. The number of thioether (sulfide) groups is 1. The van der Waals surface area contributed by atoms with Gasteiger partial charge in [0.1, 0.15) is 0 Å². The number of benzene rings is 4. The maximum absolute atomic E-state index is 12.8. The molecule has 4 aromatic carbocycles. The van der Waals surface area contributed by atoms with Gasteiger partial charge in [0.25, 0.3) is 5.91 Å². The van der Waals surface area contributed by atoms with E-state index in [9.17, 15) is 24.3 Å². The van der Waals surface area contributed by atoms with Crippen molar-refractivity contribution in [2.45, 2.75) is 17.1 Å². The maximum Gasteiger partial charge on any atom is 0.336 e. The summed E-state index contributed by atoms with van der Waals surface area (Å²) >= 11 is 1.35. The Bertz CT molecular complexity index is 1510. The van der Waals surface area contributed by atoms with E-state index in [0.29, 0.717) is 5.69 Å². The fraction of sp³-hybridized carbons (Fsp3) is 0.0714. The van der Waals surface area contributed by atoms with Gasteiger partial charge in [0.15, 0.2) is 0 Å². The van der Waals surface area contributed by atoms with Crippen LogP contribution in [0.2, 0.25) is 0 Å². The Kier molecular flexibility index (Phi) is 7.55. The van der Waals surface area contributed by atoms with Gasteiger partial charge in [0.2, 0.25) is 5.91 Å². The molecule has 4 rings (SSSR count). The number of hydrogen-bond donors (Lipinski definition) is 4. The van der Waals surface area contributed by atoms with Crippen molar-refractivity contribution in [1.82, 2.24) is 0 Å². The zero-order chi connectivity index (χ0) is 26.5. The normalized spacial score (nSPS) is 11.5. The van der Waals surface area contributed by atoms with Crippen molar-refractivity contribution in [3.63, 3.8) is 0 Å². The van der Waals surface area contributed by atoms with Crippen molar-refractivity contribution in [2.24, 2.45) is 0 Å². The first-order chi connectivity index (χ1) is 17.7. The van der Waals surface area contributed by atoms with Gasteiger partial charge < -0.3 is 20.8 Å². The van der Waals surface area contributed by atoms with E-state index < -0.39 is 28.7 Å². The summed E-state index contributed by atoms with van der Waals surface area (Å²) in [5, 5.41) is 25.7.